The van der Waals surface area contributed by atoms with E-state index >= 15 is 8.78 Å². The predicted molar refractivity (Wildman–Crippen MR) is 134 cm³/mol. The third-order valence-corrected chi connectivity index (χ3v) is 8.00. The minimum atomic E-state index is -3.43. The highest BCUT2D eigenvalue weighted by molar-refractivity contribution is 7.88. The summed E-state index contributed by atoms with van der Waals surface area (Å²) < 4.78 is 62.3. The first kappa shape index (κ1) is 27.2. The number of aromatic nitrogens is 2. The number of piperidine rings is 1. The van der Waals surface area contributed by atoms with Gasteiger partial charge in [0.15, 0.2) is 11.8 Å². The van der Waals surface area contributed by atoms with Gasteiger partial charge >= 0.3 is 0 Å². The van der Waals surface area contributed by atoms with Crippen molar-refractivity contribution < 1.29 is 32.1 Å². The number of guanidine groups is 1. The molecular weight excluding hydrogens is 510 g/mol. The number of ether oxygens (including phenoxy) is 1. The second kappa shape index (κ2) is 10.2. The van der Waals surface area contributed by atoms with E-state index in [1.165, 1.54) is 6.07 Å². The summed E-state index contributed by atoms with van der Waals surface area (Å²) in [4.78, 5) is 8.42. The van der Waals surface area contributed by atoms with Gasteiger partial charge < -0.3 is 30.6 Å². The van der Waals surface area contributed by atoms with E-state index < -0.39 is 45.8 Å². The molecule has 1 aromatic heterocycles. The van der Waals surface area contributed by atoms with Crippen LogP contribution in [0.25, 0.3) is 11.0 Å². The normalized spacial score (nSPS) is 25.1. The zero-order valence-electron chi connectivity index (χ0n) is 21.0. The maximum absolute atomic E-state index is 15.2. The monoisotopic (exact) mass is 542 g/mol. The molecule has 0 bridgehead atoms. The van der Waals surface area contributed by atoms with E-state index in [2.05, 4.69) is 15.3 Å². The van der Waals surface area contributed by atoms with Gasteiger partial charge in [-0.25, -0.2) is 27.2 Å². The average Bonchev–Trinajstić information content (AvgIpc) is 3.24. The molecule has 204 valence electrons. The number of aliphatic hydroxyl groups is 2. The number of sulfonamides is 1. The maximum Gasteiger partial charge on any atom is 0.211 e. The molecule has 0 spiro atoms. The molecule has 2 aromatic rings. The van der Waals surface area contributed by atoms with E-state index in [1.807, 2.05) is 6.92 Å². The number of nitrogens with one attached hydrogen (secondary N) is 1. The van der Waals surface area contributed by atoms with Crippen molar-refractivity contribution in [2.45, 2.75) is 57.4 Å². The summed E-state index contributed by atoms with van der Waals surface area (Å²) in [7, 11) is -3.43. The minimum Gasteiger partial charge on any atom is -0.489 e. The number of hydrogen-bond donors (Lipinski definition) is 4. The molecule has 2 aliphatic rings. The summed E-state index contributed by atoms with van der Waals surface area (Å²) in [6.07, 6.45) is 0.328. The first-order valence-corrected chi connectivity index (χ1v) is 13.8. The Morgan fingerprint density at radius 2 is 2.14 bits per heavy atom. The number of allylic oxidation sites excluding steroid dienone is 1. The van der Waals surface area contributed by atoms with Crippen molar-refractivity contribution in [3.63, 3.8) is 0 Å². The van der Waals surface area contributed by atoms with E-state index in [9.17, 15) is 18.6 Å². The summed E-state index contributed by atoms with van der Waals surface area (Å²) in [5.74, 6) is -1.81. The van der Waals surface area contributed by atoms with Gasteiger partial charge in [-0.3, -0.25) is 0 Å². The first-order chi connectivity index (χ1) is 17.3. The van der Waals surface area contributed by atoms with E-state index in [0.29, 0.717) is 17.1 Å². The van der Waals surface area contributed by atoms with E-state index in [1.54, 1.807) is 18.4 Å². The van der Waals surface area contributed by atoms with Gasteiger partial charge in [0.05, 0.1) is 24.4 Å². The fourth-order valence-electron chi connectivity index (χ4n) is 4.71. The SMILES string of the molecule is CC(/C(F)=C\NC(N)=N[C@@H]1CCN(S(C)(=O)=O)C[C@H]1O)c1cc(F)c2nc([C@@H](C)O)n3c2c1OC[C@@H]3C. The van der Waals surface area contributed by atoms with Crippen molar-refractivity contribution in [3.8, 4) is 5.75 Å². The summed E-state index contributed by atoms with van der Waals surface area (Å²) in [5.41, 5.74) is 6.55. The van der Waals surface area contributed by atoms with Crippen LogP contribution in [0, 0.1) is 5.82 Å². The second-order valence-electron chi connectivity index (χ2n) is 9.60. The number of rotatable bonds is 6. The molecule has 1 fully saturated rings. The molecule has 4 rings (SSSR count). The zero-order chi connectivity index (χ0) is 27.2. The topological polar surface area (TPSA) is 155 Å². The van der Waals surface area contributed by atoms with Gasteiger partial charge in [0, 0.05) is 30.8 Å². The van der Waals surface area contributed by atoms with Crippen LogP contribution >= 0.6 is 0 Å². The Hall–Kier alpha value is -2.81. The highest BCUT2D eigenvalue weighted by Gasteiger charge is 2.33. The van der Waals surface area contributed by atoms with Crippen molar-refractivity contribution in [1.29, 1.82) is 0 Å². The van der Waals surface area contributed by atoms with Crippen LogP contribution in [0.15, 0.2) is 23.1 Å². The lowest BCUT2D eigenvalue weighted by molar-refractivity contribution is 0.0888. The van der Waals surface area contributed by atoms with Gasteiger partial charge in [-0.2, -0.15) is 4.31 Å². The number of β-amino-alcohol motifs (C(OH)–C–C–N with tert-alkyl or cyclic N) is 1. The first-order valence-electron chi connectivity index (χ1n) is 11.9. The van der Waals surface area contributed by atoms with Crippen molar-refractivity contribution in [3.05, 3.63) is 35.3 Å². The number of nitrogens with zero attached hydrogens (tertiary/aromatic N) is 4. The van der Waals surface area contributed by atoms with Crippen LogP contribution in [0.5, 0.6) is 5.75 Å². The Morgan fingerprint density at radius 1 is 1.43 bits per heavy atom. The van der Waals surface area contributed by atoms with Gasteiger partial charge in [0.2, 0.25) is 10.0 Å². The molecule has 1 aromatic carbocycles. The number of nitrogens with two attached hydrogens (primary N) is 1. The van der Waals surface area contributed by atoms with Crippen LogP contribution in [-0.4, -0.2) is 76.5 Å². The van der Waals surface area contributed by atoms with E-state index in [4.69, 9.17) is 10.5 Å². The van der Waals surface area contributed by atoms with Crippen LogP contribution in [-0.2, 0) is 10.0 Å². The summed E-state index contributed by atoms with van der Waals surface area (Å²) in [5, 5.41) is 22.9. The molecule has 5 atom stereocenters. The number of imidazole rings is 1. The molecule has 3 heterocycles. The Kier molecular flexibility index (Phi) is 7.48. The third-order valence-electron chi connectivity index (χ3n) is 6.73. The lowest BCUT2D eigenvalue weighted by atomic mass is 9.97. The summed E-state index contributed by atoms with van der Waals surface area (Å²) in [6.45, 7) is 5.26. The molecule has 0 radical (unpaired) electrons. The summed E-state index contributed by atoms with van der Waals surface area (Å²) >= 11 is 0. The lowest BCUT2D eigenvalue weighted by Crippen LogP contribution is -2.48. The van der Waals surface area contributed by atoms with Crippen molar-refractivity contribution >= 4 is 27.0 Å². The molecule has 1 unspecified atom stereocenters. The number of aliphatic hydroxyl groups excluding tert-OH is 2. The standard InChI is InChI=1S/C23H32F2N6O5S/c1-11-10-36-21-14(7-15(24)19-20(21)31(11)22(29-19)13(3)32)12(2)16(25)8-27-23(26)28-17-5-6-30(9-18(17)33)37(4,34)35/h7-8,11-13,17-18,32-33H,5-6,9-10H2,1-4H3,(H3,26,27,28)/b16-8+/t11-,12?,13+,17+,18+/m0/s1. The number of benzene rings is 1. The molecule has 14 heteroatoms. The van der Waals surface area contributed by atoms with Crippen LogP contribution in [0.3, 0.4) is 0 Å². The quantitative estimate of drug-likeness (QED) is 0.315. The molecule has 2 aliphatic heterocycles. The van der Waals surface area contributed by atoms with E-state index in [0.717, 1.165) is 16.8 Å². The highest BCUT2D eigenvalue weighted by atomic mass is 32.2. The number of halogens is 2. The van der Waals surface area contributed by atoms with Gasteiger partial charge in [-0.1, -0.05) is 6.92 Å². The van der Waals surface area contributed by atoms with Crippen LogP contribution in [0.1, 0.15) is 56.6 Å². The molecule has 37 heavy (non-hydrogen) atoms. The molecule has 0 amide bonds. The average molecular weight is 543 g/mol. The largest absolute Gasteiger partial charge is 0.489 e. The molecule has 0 saturated carbocycles. The zero-order valence-corrected chi connectivity index (χ0v) is 21.8. The molecule has 5 N–H and O–H groups in total. The predicted octanol–water partition coefficient (Wildman–Crippen LogP) is 1.40. The molecular formula is C23H32F2N6O5S. The Balaban J connectivity index is 1.55. The minimum absolute atomic E-state index is 0.0489. The number of aliphatic imine (C=N–C) groups is 1. The maximum atomic E-state index is 15.2. The lowest BCUT2D eigenvalue weighted by Gasteiger charge is -2.32. The van der Waals surface area contributed by atoms with Crippen LogP contribution < -0.4 is 15.8 Å². The van der Waals surface area contributed by atoms with Gasteiger partial charge in [0.1, 0.15) is 41.1 Å². The van der Waals surface area contributed by atoms with Crippen molar-refractivity contribution in [2.24, 2.45) is 10.7 Å². The fraction of sp³-hybridized carbons (Fsp3) is 0.565. The Labute approximate surface area is 213 Å². The van der Waals surface area contributed by atoms with Crippen LogP contribution in [0.2, 0.25) is 0 Å². The Morgan fingerprint density at radius 3 is 2.76 bits per heavy atom. The second-order valence-corrected chi connectivity index (χ2v) is 11.6. The van der Waals surface area contributed by atoms with Gasteiger partial charge in [-0.15, -0.1) is 0 Å². The molecule has 11 nitrogen and oxygen atoms in total. The fourth-order valence-corrected chi connectivity index (χ4v) is 5.57. The van der Waals surface area contributed by atoms with Gasteiger partial charge in [0.25, 0.3) is 0 Å². The summed E-state index contributed by atoms with van der Waals surface area (Å²) in [6, 6.07) is 0.321. The van der Waals surface area contributed by atoms with Crippen molar-refractivity contribution in [1.82, 2.24) is 19.2 Å². The van der Waals surface area contributed by atoms with Gasteiger partial charge in [-0.05, 0) is 26.3 Å². The van der Waals surface area contributed by atoms with E-state index in [-0.39, 0.29) is 49.2 Å². The van der Waals surface area contributed by atoms with Crippen LogP contribution in [0.4, 0.5) is 8.78 Å². The Bertz CT molecular complexity index is 1360. The third kappa shape index (κ3) is 5.28. The number of hydrogen-bond acceptors (Lipinski definition) is 7. The smallest absolute Gasteiger partial charge is 0.211 e. The van der Waals surface area contributed by atoms with Crippen molar-refractivity contribution in [2.75, 3.05) is 26.0 Å². The highest BCUT2D eigenvalue weighted by Crippen LogP contribution is 2.43. The molecule has 0 aliphatic carbocycles. The molecule has 1 saturated heterocycles.